The maximum absolute atomic E-state index is 3.79. The van der Waals surface area contributed by atoms with Crippen molar-refractivity contribution in [3.63, 3.8) is 0 Å². The van der Waals surface area contributed by atoms with Crippen LogP contribution in [0.15, 0.2) is 30.3 Å². The fraction of sp³-hybridized carbons (Fsp3) is 0.667. The molecule has 1 aromatic carbocycles. The molecule has 3 rings (SSSR count). The fourth-order valence-electron chi connectivity index (χ4n) is 3.84. The van der Waals surface area contributed by atoms with Crippen LogP contribution in [0.1, 0.15) is 32.1 Å². The van der Waals surface area contributed by atoms with Gasteiger partial charge in [-0.05, 0) is 63.9 Å². The summed E-state index contributed by atoms with van der Waals surface area (Å²) in [5, 5.41) is 3.79. The topological polar surface area (TPSA) is 18.5 Å². The third-order valence-electron chi connectivity index (χ3n) is 5.12. The van der Waals surface area contributed by atoms with Gasteiger partial charge in [-0.2, -0.15) is 0 Å². The average Bonchev–Trinajstić information content (AvgIpc) is 3.00. The molecule has 0 amide bonds. The van der Waals surface area contributed by atoms with Gasteiger partial charge in [0, 0.05) is 31.4 Å². The second kappa shape index (κ2) is 7.28. The van der Waals surface area contributed by atoms with Crippen LogP contribution in [-0.4, -0.2) is 50.2 Å². The number of hydrogen-bond donors (Lipinski definition) is 1. The molecule has 0 aliphatic carbocycles. The van der Waals surface area contributed by atoms with E-state index in [0.29, 0.717) is 0 Å². The van der Waals surface area contributed by atoms with Crippen molar-refractivity contribution < 1.29 is 0 Å². The molecule has 1 N–H and O–H groups in total. The SMILES string of the molecule is CN(CCCNC1CCN2CCCC2C1)c1ccccc1. The lowest BCUT2D eigenvalue weighted by molar-refractivity contribution is 0.167. The lowest BCUT2D eigenvalue weighted by atomic mass is 9.97. The molecule has 3 nitrogen and oxygen atoms in total. The molecule has 0 aromatic heterocycles. The number of nitrogens with one attached hydrogen (secondary N) is 1. The van der Waals surface area contributed by atoms with Gasteiger partial charge in [-0.15, -0.1) is 0 Å². The van der Waals surface area contributed by atoms with Crippen LogP contribution in [0, 0.1) is 0 Å². The van der Waals surface area contributed by atoms with Gasteiger partial charge in [0.25, 0.3) is 0 Å². The Balaban J connectivity index is 1.33. The number of rotatable bonds is 6. The van der Waals surface area contributed by atoms with Crippen LogP contribution in [0.25, 0.3) is 0 Å². The molecule has 1 aromatic rings. The molecule has 2 atom stereocenters. The van der Waals surface area contributed by atoms with Gasteiger partial charge in [-0.3, -0.25) is 0 Å². The molecular weight excluding hydrogens is 258 g/mol. The van der Waals surface area contributed by atoms with E-state index < -0.39 is 0 Å². The van der Waals surface area contributed by atoms with Gasteiger partial charge in [0.05, 0.1) is 0 Å². The second-order valence-electron chi connectivity index (χ2n) is 6.62. The normalized spacial score (nSPS) is 25.8. The summed E-state index contributed by atoms with van der Waals surface area (Å²) >= 11 is 0. The Kier molecular flexibility index (Phi) is 5.15. The predicted molar refractivity (Wildman–Crippen MR) is 89.9 cm³/mol. The number of para-hydroxylation sites is 1. The first-order valence-electron chi connectivity index (χ1n) is 8.56. The fourth-order valence-corrected chi connectivity index (χ4v) is 3.84. The Bertz CT molecular complexity index is 420. The molecule has 2 fully saturated rings. The summed E-state index contributed by atoms with van der Waals surface area (Å²) in [5.41, 5.74) is 1.32. The van der Waals surface area contributed by atoms with Gasteiger partial charge in [0.1, 0.15) is 0 Å². The Morgan fingerprint density at radius 1 is 1.19 bits per heavy atom. The minimum Gasteiger partial charge on any atom is -0.375 e. The van der Waals surface area contributed by atoms with Gasteiger partial charge in [-0.25, -0.2) is 0 Å². The second-order valence-corrected chi connectivity index (χ2v) is 6.62. The molecule has 3 heteroatoms. The summed E-state index contributed by atoms with van der Waals surface area (Å²) in [6.07, 6.45) is 6.77. The summed E-state index contributed by atoms with van der Waals surface area (Å²) in [6.45, 7) is 4.93. The van der Waals surface area contributed by atoms with Crippen molar-refractivity contribution in [2.75, 3.05) is 38.1 Å². The molecule has 0 radical (unpaired) electrons. The van der Waals surface area contributed by atoms with E-state index in [1.54, 1.807) is 0 Å². The molecule has 2 saturated heterocycles. The lowest BCUT2D eigenvalue weighted by Gasteiger charge is -2.35. The standard InChI is InChI=1S/C18H29N3/c1-20(17-7-3-2-4-8-17)12-6-11-19-16-10-14-21-13-5-9-18(21)15-16/h2-4,7-8,16,18-19H,5-6,9-15H2,1H3. The largest absolute Gasteiger partial charge is 0.375 e. The quantitative estimate of drug-likeness (QED) is 0.812. The molecule has 2 aliphatic rings. The summed E-state index contributed by atoms with van der Waals surface area (Å²) in [5.74, 6) is 0. The predicted octanol–water partition coefficient (Wildman–Crippen LogP) is 2.73. The van der Waals surface area contributed by atoms with Gasteiger partial charge < -0.3 is 15.1 Å². The van der Waals surface area contributed by atoms with E-state index in [9.17, 15) is 0 Å². The van der Waals surface area contributed by atoms with Gasteiger partial charge >= 0.3 is 0 Å². The minimum atomic E-state index is 0.756. The zero-order valence-corrected chi connectivity index (χ0v) is 13.3. The minimum absolute atomic E-state index is 0.756. The number of benzene rings is 1. The first-order chi connectivity index (χ1) is 10.3. The number of anilines is 1. The monoisotopic (exact) mass is 287 g/mol. The van der Waals surface area contributed by atoms with E-state index in [4.69, 9.17) is 0 Å². The third kappa shape index (κ3) is 3.98. The number of nitrogens with zero attached hydrogens (tertiary/aromatic N) is 2. The van der Waals surface area contributed by atoms with E-state index in [-0.39, 0.29) is 0 Å². The molecule has 2 heterocycles. The van der Waals surface area contributed by atoms with Gasteiger partial charge in [-0.1, -0.05) is 18.2 Å². The van der Waals surface area contributed by atoms with E-state index in [1.807, 2.05) is 0 Å². The maximum Gasteiger partial charge on any atom is 0.0363 e. The molecular formula is C18H29N3. The first kappa shape index (κ1) is 14.9. The summed E-state index contributed by atoms with van der Waals surface area (Å²) < 4.78 is 0. The summed E-state index contributed by atoms with van der Waals surface area (Å²) in [6, 6.07) is 12.3. The van der Waals surface area contributed by atoms with Crippen LogP contribution < -0.4 is 10.2 Å². The van der Waals surface area contributed by atoms with Crippen LogP contribution in [-0.2, 0) is 0 Å². The summed E-state index contributed by atoms with van der Waals surface area (Å²) in [7, 11) is 2.19. The highest BCUT2D eigenvalue weighted by Crippen LogP contribution is 2.26. The highest BCUT2D eigenvalue weighted by molar-refractivity contribution is 5.44. The van der Waals surface area contributed by atoms with E-state index in [2.05, 4.69) is 52.5 Å². The number of hydrogen-bond acceptors (Lipinski definition) is 3. The van der Waals surface area contributed by atoms with Crippen molar-refractivity contribution in [3.8, 4) is 0 Å². The first-order valence-corrected chi connectivity index (χ1v) is 8.56. The van der Waals surface area contributed by atoms with Crippen molar-refractivity contribution >= 4 is 5.69 Å². The maximum atomic E-state index is 3.79. The Hall–Kier alpha value is -1.06. The molecule has 2 unspecified atom stereocenters. The van der Waals surface area contributed by atoms with Crippen LogP contribution in [0.3, 0.4) is 0 Å². The molecule has 2 aliphatic heterocycles. The van der Waals surface area contributed by atoms with Crippen LogP contribution in [0.4, 0.5) is 5.69 Å². The Morgan fingerprint density at radius 3 is 2.90 bits per heavy atom. The zero-order valence-electron chi connectivity index (χ0n) is 13.3. The third-order valence-corrected chi connectivity index (χ3v) is 5.12. The molecule has 21 heavy (non-hydrogen) atoms. The zero-order chi connectivity index (χ0) is 14.5. The van der Waals surface area contributed by atoms with Crippen LogP contribution in [0.2, 0.25) is 0 Å². The van der Waals surface area contributed by atoms with Gasteiger partial charge in [0.2, 0.25) is 0 Å². The summed E-state index contributed by atoms with van der Waals surface area (Å²) in [4.78, 5) is 5.04. The van der Waals surface area contributed by atoms with Crippen molar-refractivity contribution in [1.82, 2.24) is 10.2 Å². The smallest absolute Gasteiger partial charge is 0.0363 e. The van der Waals surface area contributed by atoms with Crippen LogP contribution >= 0.6 is 0 Å². The van der Waals surface area contributed by atoms with Crippen molar-refractivity contribution in [2.24, 2.45) is 0 Å². The van der Waals surface area contributed by atoms with Crippen molar-refractivity contribution in [2.45, 2.75) is 44.2 Å². The highest BCUT2D eigenvalue weighted by atomic mass is 15.2. The number of piperidine rings is 1. The molecule has 0 saturated carbocycles. The Labute approximate surface area is 129 Å². The molecule has 0 bridgehead atoms. The molecule has 0 spiro atoms. The van der Waals surface area contributed by atoms with Gasteiger partial charge in [0.15, 0.2) is 0 Å². The highest BCUT2D eigenvalue weighted by Gasteiger charge is 2.31. The van der Waals surface area contributed by atoms with E-state index in [1.165, 1.54) is 50.9 Å². The van der Waals surface area contributed by atoms with Crippen LogP contribution in [0.5, 0.6) is 0 Å². The lowest BCUT2D eigenvalue weighted by Crippen LogP contribution is -2.46. The average molecular weight is 287 g/mol. The molecule has 116 valence electrons. The van der Waals surface area contributed by atoms with Crippen molar-refractivity contribution in [3.05, 3.63) is 30.3 Å². The Morgan fingerprint density at radius 2 is 2.05 bits per heavy atom. The number of fused-ring (bicyclic) bond motifs is 1. The van der Waals surface area contributed by atoms with E-state index in [0.717, 1.165) is 25.2 Å². The van der Waals surface area contributed by atoms with Crippen molar-refractivity contribution in [1.29, 1.82) is 0 Å². The van der Waals surface area contributed by atoms with E-state index >= 15 is 0 Å².